The Morgan fingerprint density at radius 2 is 2.26 bits per heavy atom. The zero-order valence-electron chi connectivity index (χ0n) is 12.6. The minimum Gasteiger partial charge on any atom is -0.349 e. The standard InChI is InChI=1S/C14H17N5O3S/c1-3-7-15-14(20)11-5-4-6-12(8-11)23(21,22)19(2)9-13-16-10-17-18-13/h3-6,8,10H,1,7,9H2,2H3,(H,15,20)(H,16,17,18). The number of nitrogens with one attached hydrogen (secondary N) is 2. The highest BCUT2D eigenvalue weighted by Gasteiger charge is 2.22. The molecule has 0 aliphatic rings. The average molecular weight is 335 g/mol. The van der Waals surface area contributed by atoms with E-state index in [1.807, 2.05) is 0 Å². The van der Waals surface area contributed by atoms with E-state index >= 15 is 0 Å². The Hall–Kier alpha value is -2.52. The fraction of sp³-hybridized carbons (Fsp3) is 0.214. The van der Waals surface area contributed by atoms with Crippen LogP contribution in [0.5, 0.6) is 0 Å². The van der Waals surface area contributed by atoms with E-state index < -0.39 is 10.0 Å². The number of aromatic amines is 1. The maximum Gasteiger partial charge on any atom is 0.251 e. The van der Waals surface area contributed by atoms with Crippen LogP contribution in [0.2, 0.25) is 0 Å². The van der Waals surface area contributed by atoms with Crippen molar-refractivity contribution < 1.29 is 13.2 Å². The Bertz CT molecular complexity index is 787. The lowest BCUT2D eigenvalue weighted by Gasteiger charge is -2.16. The fourth-order valence-electron chi connectivity index (χ4n) is 1.85. The number of benzene rings is 1. The van der Waals surface area contributed by atoms with Gasteiger partial charge in [-0.3, -0.25) is 9.89 Å². The smallest absolute Gasteiger partial charge is 0.251 e. The molecule has 0 atom stereocenters. The van der Waals surface area contributed by atoms with Crippen molar-refractivity contribution in [1.29, 1.82) is 0 Å². The number of hydrogen-bond donors (Lipinski definition) is 2. The summed E-state index contributed by atoms with van der Waals surface area (Å²) in [6, 6.07) is 5.85. The third kappa shape index (κ3) is 4.02. The molecule has 23 heavy (non-hydrogen) atoms. The number of H-pyrrole nitrogens is 1. The molecule has 2 rings (SSSR count). The summed E-state index contributed by atoms with van der Waals surface area (Å²) in [6.07, 6.45) is 2.85. The van der Waals surface area contributed by atoms with Crippen LogP contribution in [0.15, 0.2) is 48.1 Å². The van der Waals surface area contributed by atoms with Gasteiger partial charge in [-0.15, -0.1) is 6.58 Å². The van der Waals surface area contributed by atoms with Crippen molar-refractivity contribution in [2.75, 3.05) is 13.6 Å². The van der Waals surface area contributed by atoms with E-state index in [0.717, 1.165) is 4.31 Å². The molecule has 0 saturated carbocycles. The van der Waals surface area contributed by atoms with E-state index in [1.165, 1.54) is 31.6 Å². The van der Waals surface area contributed by atoms with Gasteiger partial charge in [-0.25, -0.2) is 13.4 Å². The highest BCUT2D eigenvalue weighted by molar-refractivity contribution is 7.89. The number of amides is 1. The maximum atomic E-state index is 12.6. The second-order valence-electron chi connectivity index (χ2n) is 4.72. The summed E-state index contributed by atoms with van der Waals surface area (Å²) in [5.74, 6) is 0.0655. The van der Waals surface area contributed by atoms with Gasteiger partial charge in [-0.2, -0.15) is 9.40 Å². The summed E-state index contributed by atoms with van der Waals surface area (Å²) in [4.78, 5) is 15.8. The van der Waals surface area contributed by atoms with Crippen molar-refractivity contribution in [3.63, 3.8) is 0 Å². The average Bonchev–Trinajstić information content (AvgIpc) is 3.05. The van der Waals surface area contributed by atoms with E-state index in [9.17, 15) is 13.2 Å². The largest absolute Gasteiger partial charge is 0.349 e. The van der Waals surface area contributed by atoms with Crippen LogP contribution in [0.4, 0.5) is 0 Å². The lowest BCUT2D eigenvalue weighted by molar-refractivity contribution is 0.0958. The lowest BCUT2D eigenvalue weighted by Crippen LogP contribution is -2.28. The molecule has 122 valence electrons. The summed E-state index contributed by atoms with van der Waals surface area (Å²) < 4.78 is 26.3. The molecule has 9 heteroatoms. The van der Waals surface area contributed by atoms with Gasteiger partial charge in [0.15, 0.2) is 0 Å². The molecule has 0 unspecified atom stereocenters. The lowest BCUT2D eigenvalue weighted by atomic mass is 10.2. The molecule has 0 spiro atoms. The zero-order chi connectivity index (χ0) is 16.9. The molecule has 8 nitrogen and oxygen atoms in total. The summed E-state index contributed by atoms with van der Waals surface area (Å²) >= 11 is 0. The molecule has 1 aromatic carbocycles. The first kappa shape index (κ1) is 16.8. The predicted molar refractivity (Wildman–Crippen MR) is 84.0 cm³/mol. The fourth-order valence-corrected chi connectivity index (χ4v) is 3.03. The molecule has 0 radical (unpaired) electrons. The van der Waals surface area contributed by atoms with Gasteiger partial charge in [-0.1, -0.05) is 12.1 Å². The summed E-state index contributed by atoms with van der Waals surface area (Å²) in [6.45, 7) is 3.87. The molecule has 2 N–H and O–H groups in total. The van der Waals surface area contributed by atoms with Gasteiger partial charge in [0, 0.05) is 19.2 Å². The number of aromatic nitrogens is 3. The van der Waals surface area contributed by atoms with Crippen molar-refractivity contribution >= 4 is 15.9 Å². The predicted octanol–water partition coefficient (Wildman–Crippen LogP) is 0.541. The van der Waals surface area contributed by atoms with Crippen LogP contribution >= 0.6 is 0 Å². The van der Waals surface area contributed by atoms with Gasteiger partial charge in [0.05, 0.1) is 11.4 Å². The molecule has 2 aromatic rings. The van der Waals surface area contributed by atoms with E-state index in [4.69, 9.17) is 0 Å². The number of nitrogens with zero attached hydrogens (tertiary/aromatic N) is 3. The minimum absolute atomic E-state index is 0.0331. The van der Waals surface area contributed by atoms with Crippen molar-refractivity contribution in [1.82, 2.24) is 24.8 Å². The van der Waals surface area contributed by atoms with Gasteiger partial charge >= 0.3 is 0 Å². The van der Waals surface area contributed by atoms with Gasteiger partial charge < -0.3 is 5.32 Å². The normalized spacial score (nSPS) is 11.4. The third-order valence-electron chi connectivity index (χ3n) is 3.05. The number of rotatable bonds is 7. The molecule has 0 bridgehead atoms. The number of carbonyl (C=O) groups is 1. The Morgan fingerprint density at radius 3 is 2.91 bits per heavy atom. The van der Waals surface area contributed by atoms with E-state index in [-0.39, 0.29) is 22.9 Å². The molecule has 0 aliphatic carbocycles. The number of hydrogen-bond acceptors (Lipinski definition) is 5. The molecule has 1 amide bonds. The maximum absolute atomic E-state index is 12.6. The number of carbonyl (C=O) groups excluding carboxylic acids is 1. The third-order valence-corrected chi connectivity index (χ3v) is 4.85. The van der Waals surface area contributed by atoms with Crippen LogP contribution in [0.25, 0.3) is 0 Å². The van der Waals surface area contributed by atoms with Crippen molar-refractivity contribution in [2.24, 2.45) is 0 Å². The zero-order valence-corrected chi connectivity index (χ0v) is 13.4. The first-order valence-corrected chi connectivity index (χ1v) is 8.19. The summed E-state index contributed by atoms with van der Waals surface area (Å²) in [5, 5.41) is 8.89. The van der Waals surface area contributed by atoms with Gasteiger partial charge in [0.25, 0.3) is 5.91 Å². The molecule has 0 fully saturated rings. The van der Waals surface area contributed by atoms with Crippen LogP contribution in [-0.2, 0) is 16.6 Å². The first-order valence-electron chi connectivity index (χ1n) is 6.75. The summed E-state index contributed by atoms with van der Waals surface area (Å²) in [7, 11) is -2.31. The summed E-state index contributed by atoms with van der Waals surface area (Å²) in [5.41, 5.74) is 0.265. The monoisotopic (exact) mass is 335 g/mol. The van der Waals surface area contributed by atoms with Gasteiger partial charge in [-0.05, 0) is 18.2 Å². The number of sulfonamides is 1. The highest BCUT2D eigenvalue weighted by Crippen LogP contribution is 2.17. The van der Waals surface area contributed by atoms with Gasteiger partial charge in [0.1, 0.15) is 12.2 Å². The molecule has 1 heterocycles. The van der Waals surface area contributed by atoms with Crippen LogP contribution < -0.4 is 5.32 Å². The van der Waals surface area contributed by atoms with Crippen LogP contribution in [0.3, 0.4) is 0 Å². The second-order valence-corrected chi connectivity index (χ2v) is 6.76. The topological polar surface area (TPSA) is 108 Å². The first-order chi connectivity index (χ1) is 10.9. The molecular formula is C14H17N5O3S. The van der Waals surface area contributed by atoms with Gasteiger partial charge in [0.2, 0.25) is 10.0 Å². The van der Waals surface area contributed by atoms with Crippen molar-refractivity contribution in [3.05, 3.63) is 54.6 Å². The van der Waals surface area contributed by atoms with E-state index in [0.29, 0.717) is 12.4 Å². The Labute approximate surface area is 134 Å². The van der Waals surface area contributed by atoms with E-state index in [1.54, 1.807) is 12.1 Å². The molecule has 0 aliphatic heterocycles. The Balaban J connectivity index is 2.22. The van der Waals surface area contributed by atoms with Crippen LogP contribution in [-0.4, -0.2) is 47.4 Å². The molecular weight excluding hydrogens is 318 g/mol. The Morgan fingerprint density at radius 1 is 1.48 bits per heavy atom. The van der Waals surface area contributed by atoms with Crippen LogP contribution in [0.1, 0.15) is 16.2 Å². The molecule has 0 saturated heterocycles. The van der Waals surface area contributed by atoms with Crippen molar-refractivity contribution in [3.8, 4) is 0 Å². The van der Waals surface area contributed by atoms with E-state index in [2.05, 4.69) is 27.1 Å². The Kier molecular flexibility index (Phi) is 5.24. The second kappa shape index (κ2) is 7.16. The highest BCUT2D eigenvalue weighted by atomic mass is 32.2. The SMILES string of the molecule is C=CCNC(=O)c1cccc(S(=O)(=O)N(C)Cc2ncn[nH]2)c1. The quantitative estimate of drug-likeness (QED) is 0.718. The van der Waals surface area contributed by atoms with Crippen LogP contribution in [0, 0.1) is 0 Å². The molecule has 1 aromatic heterocycles. The van der Waals surface area contributed by atoms with Crippen molar-refractivity contribution in [2.45, 2.75) is 11.4 Å². The minimum atomic E-state index is -3.75.